The van der Waals surface area contributed by atoms with Crippen molar-refractivity contribution in [2.24, 2.45) is 4.99 Å². The van der Waals surface area contributed by atoms with E-state index in [9.17, 15) is 4.79 Å². The van der Waals surface area contributed by atoms with Gasteiger partial charge in [0.15, 0.2) is 0 Å². The minimum Gasteiger partial charge on any atom is -0.477 e. The topological polar surface area (TPSA) is 61.7 Å². The molecule has 1 unspecified atom stereocenters. The largest absolute Gasteiger partial charge is 0.477 e. The van der Waals surface area contributed by atoms with Crippen molar-refractivity contribution >= 4 is 40.8 Å². The van der Waals surface area contributed by atoms with Gasteiger partial charge in [-0.1, -0.05) is 30.3 Å². The van der Waals surface area contributed by atoms with Gasteiger partial charge in [-0.05, 0) is 11.6 Å². The monoisotopic (exact) mass is 304 g/mol. The lowest BCUT2D eigenvalue weighted by Gasteiger charge is -2.19. The van der Waals surface area contributed by atoms with Crippen LogP contribution in [0.25, 0.3) is 0 Å². The van der Waals surface area contributed by atoms with Crippen molar-refractivity contribution in [3.8, 4) is 0 Å². The highest BCUT2D eigenvalue weighted by Crippen LogP contribution is 2.39. The Labute approximate surface area is 125 Å². The zero-order chi connectivity index (χ0) is 14.1. The van der Waals surface area contributed by atoms with E-state index in [1.54, 1.807) is 6.07 Å². The van der Waals surface area contributed by atoms with Crippen LogP contribution in [0.3, 0.4) is 0 Å². The van der Waals surface area contributed by atoms with E-state index in [2.05, 4.69) is 22.9 Å². The smallest absolute Gasteiger partial charge is 0.345 e. The van der Waals surface area contributed by atoms with Crippen molar-refractivity contribution in [1.82, 2.24) is 0 Å². The number of benzene rings is 1. The van der Waals surface area contributed by atoms with Gasteiger partial charge >= 0.3 is 5.97 Å². The molecule has 1 aliphatic heterocycles. The number of anilines is 1. The van der Waals surface area contributed by atoms with Crippen LogP contribution >= 0.6 is 24.0 Å². The average molecular weight is 304 g/mol. The molecule has 1 aromatic heterocycles. The molecule has 1 aromatic carbocycles. The first-order chi connectivity index (χ1) is 9.63. The molecule has 0 radical (unpaired) electrons. The number of carbonyl (C=O) groups is 1. The highest BCUT2D eigenvalue weighted by molar-refractivity contribution is 7.80. The van der Waals surface area contributed by atoms with Crippen LogP contribution in [0, 0.1) is 0 Å². The van der Waals surface area contributed by atoms with Crippen LogP contribution in [0.4, 0.5) is 5.00 Å². The third-order valence-corrected chi connectivity index (χ3v) is 4.45. The number of hydrogen-bond acceptors (Lipinski definition) is 5. The third kappa shape index (κ3) is 2.57. The van der Waals surface area contributed by atoms with Gasteiger partial charge in [-0.3, -0.25) is 4.99 Å². The van der Waals surface area contributed by atoms with E-state index in [0.29, 0.717) is 11.3 Å². The van der Waals surface area contributed by atoms with E-state index in [0.717, 1.165) is 22.0 Å². The number of fused-ring (bicyclic) bond motifs is 1. The number of thiophene rings is 1. The van der Waals surface area contributed by atoms with Gasteiger partial charge in [-0.2, -0.15) is 0 Å². The molecule has 3 rings (SSSR count). The Morgan fingerprint density at radius 2 is 2.15 bits per heavy atom. The fourth-order valence-corrected chi connectivity index (χ4v) is 3.44. The lowest BCUT2D eigenvalue weighted by Crippen LogP contribution is -2.19. The first-order valence-electron chi connectivity index (χ1n) is 6.06. The van der Waals surface area contributed by atoms with Gasteiger partial charge in [0.25, 0.3) is 0 Å². The number of nitrogens with zero attached hydrogens (tertiary/aromatic N) is 1. The predicted octanol–water partition coefficient (Wildman–Crippen LogP) is 3.44. The van der Waals surface area contributed by atoms with Crippen LogP contribution in [-0.4, -0.2) is 16.9 Å². The zero-order valence-electron chi connectivity index (χ0n) is 10.4. The summed E-state index contributed by atoms with van der Waals surface area (Å²) in [4.78, 5) is 15.8. The van der Waals surface area contributed by atoms with Crippen molar-refractivity contribution in [2.75, 3.05) is 5.32 Å². The molecule has 2 aromatic rings. The second kappa shape index (κ2) is 5.30. The minimum atomic E-state index is -0.920. The number of thiol groups is 1. The summed E-state index contributed by atoms with van der Waals surface area (Å²) in [5, 5.41) is 12.8. The molecule has 6 heteroatoms. The highest BCUT2D eigenvalue weighted by Gasteiger charge is 2.23. The number of hydrogen-bond donors (Lipinski definition) is 3. The van der Waals surface area contributed by atoms with Crippen LogP contribution in [0.5, 0.6) is 0 Å². The van der Waals surface area contributed by atoms with E-state index in [1.807, 2.05) is 30.3 Å². The number of nitrogens with one attached hydrogen (secondary N) is 1. The summed E-state index contributed by atoms with van der Waals surface area (Å²) in [5.74, 6) is -0.112. The number of aromatic carboxylic acids is 1. The van der Waals surface area contributed by atoms with Gasteiger partial charge in [0, 0.05) is 12.0 Å². The molecule has 1 atom stereocenters. The van der Waals surface area contributed by atoms with Gasteiger partial charge < -0.3 is 10.4 Å². The second-order valence-corrected chi connectivity index (χ2v) is 5.98. The van der Waals surface area contributed by atoms with Gasteiger partial charge in [0.05, 0.1) is 0 Å². The van der Waals surface area contributed by atoms with Crippen molar-refractivity contribution in [3.63, 3.8) is 0 Å². The number of aliphatic imine (C=N–C) groups is 1. The molecule has 0 saturated carbocycles. The molecular formula is C14H12N2O2S2. The van der Waals surface area contributed by atoms with Crippen molar-refractivity contribution < 1.29 is 9.90 Å². The summed E-state index contributed by atoms with van der Waals surface area (Å²) in [7, 11) is 0. The molecule has 0 bridgehead atoms. The molecule has 0 spiro atoms. The van der Waals surface area contributed by atoms with Crippen LogP contribution in [0.1, 0.15) is 26.2 Å². The van der Waals surface area contributed by atoms with Gasteiger partial charge in [0.1, 0.15) is 21.1 Å². The molecule has 1 aliphatic rings. The summed E-state index contributed by atoms with van der Waals surface area (Å²) in [5.41, 5.74) is 1.98. The summed E-state index contributed by atoms with van der Waals surface area (Å²) in [6.07, 6.45) is 0.678. The molecule has 0 fully saturated rings. The maximum atomic E-state index is 11.0. The Morgan fingerprint density at radius 1 is 1.40 bits per heavy atom. The van der Waals surface area contributed by atoms with Crippen LogP contribution in [0.2, 0.25) is 0 Å². The van der Waals surface area contributed by atoms with Crippen molar-refractivity contribution in [1.29, 1.82) is 0 Å². The second-order valence-electron chi connectivity index (χ2n) is 4.44. The summed E-state index contributed by atoms with van der Waals surface area (Å²) >= 11 is 5.66. The molecule has 4 nitrogen and oxygen atoms in total. The quantitative estimate of drug-likeness (QED) is 0.761. The molecule has 0 aliphatic carbocycles. The Balaban J connectivity index is 1.84. The van der Waals surface area contributed by atoms with Gasteiger partial charge in [-0.15, -0.1) is 24.0 Å². The number of rotatable bonds is 3. The zero-order valence-corrected chi connectivity index (χ0v) is 12.1. The van der Waals surface area contributed by atoms with E-state index in [1.165, 1.54) is 11.3 Å². The molecule has 2 N–H and O–H groups in total. The van der Waals surface area contributed by atoms with Crippen LogP contribution < -0.4 is 5.32 Å². The Kier molecular flexibility index (Phi) is 3.50. The summed E-state index contributed by atoms with van der Waals surface area (Å²) in [6, 6.07) is 11.6. The Hall–Kier alpha value is -1.79. The fourth-order valence-electron chi connectivity index (χ4n) is 2.06. The fraction of sp³-hybridized carbons (Fsp3) is 0.143. The van der Waals surface area contributed by atoms with E-state index in [4.69, 9.17) is 5.11 Å². The van der Waals surface area contributed by atoms with E-state index in [-0.39, 0.29) is 5.37 Å². The molecular weight excluding hydrogens is 292 g/mol. The predicted molar refractivity (Wildman–Crippen MR) is 84.2 cm³/mol. The van der Waals surface area contributed by atoms with E-state index < -0.39 is 5.97 Å². The highest BCUT2D eigenvalue weighted by atomic mass is 32.1. The summed E-state index contributed by atoms with van der Waals surface area (Å²) < 4.78 is 0. The third-order valence-electron chi connectivity index (χ3n) is 3.00. The van der Waals surface area contributed by atoms with E-state index >= 15 is 0 Å². The van der Waals surface area contributed by atoms with Crippen molar-refractivity contribution in [3.05, 3.63) is 52.4 Å². The van der Waals surface area contributed by atoms with Crippen LogP contribution in [-0.2, 0) is 6.42 Å². The minimum absolute atomic E-state index is 0.303. The molecule has 0 saturated heterocycles. The number of amidine groups is 1. The Morgan fingerprint density at radius 3 is 2.85 bits per heavy atom. The molecule has 0 amide bonds. The SMILES string of the molecule is O=C(O)c1cc2c(s1)NC(Cc1ccccc1)=NC2S. The van der Waals surface area contributed by atoms with Gasteiger partial charge in [-0.25, -0.2) is 4.79 Å². The average Bonchev–Trinajstić information content (AvgIpc) is 2.84. The first kappa shape index (κ1) is 13.2. The molecule has 2 heterocycles. The standard InChI is InChI=1S/C14H12N2O2S2/c17-14(18)10-7-9-12(19)15-11(16-13(9)20-10)6-8-4-2-1-3-5-8/h1-5,7,12,19H,6H2,(H,15,16)(H,17,18). The summed E-state index contributed by atoms with van der Waals surface area (Å²) in [6.45, 7) is 0. The first-order valence-corrected chi connectivity index (χ1v) is 7.39. The van der Waals surface area contributed by atoms with Crippen LogP contribution in [0.15, 0.2) is 41.4 Å². The Bertz CT molecular complexity index is 680. The normalized spacial score (nSPS) is 17.1. The molecule has 20 heavy (non-hydrogen) atoms. The molecule has 102 valence electrons. The number of carboxylic acids is 1. The van der Waals surface area contributed by atoms with Crippen molar-refractivity contribution in [2.45, 2.75) is 11.8 Å². The maximum absolute atomic E-state index is 11.0. The maximum Gasteiger partial charge on any atom is 0.345 e. The number of carboxylic acid groups (broad SMARTS) is 1. The lowest BCUT2D eigenvalue weighted by atomic mass is 10.1. The van der Waals surface area contributed by atoms with Gasteiger partial charge in [0.2, 0.25) is 0 Å². The lowest BCUT2D eigenvalue weighted by molar-refractivity contribution is 0.0702.